The van der Waals surface area contributed by atoms with Crippen LogP contribution in [0.15, 0.2) is 88.1 Å². The maximum atomic E-state index is 13.1. The molecule has 5 rings (SSSR count). The highest BCUT2D eigenvalue weighted by Gasteiger charge is 2.21. The minimum absolute atomic E-state index is 0.108. The molecule has 0 saturated carbocycles. The lowest BCUT2D eigenvalue weighted by Crippen LogP contribution is -2.35. The standard InChI is InChI=1S/C31H32N2O3.CH4O3S/c1-22-28(34)26-14-8-15-27(30(26)36-29(22)25-12-6-3-7-13-25)31(35)32-18-9-19-33-20-16-24(17-21-33)23-10-4-2-5-11-23;1-5(2,3)4/h2-8,10-15,24H,9,16-21H2,1H3,(H,32,35);1H3,(H,2,3,4). The Morgan fingerprint density at radius 3 is 2.22 bits per heavy atom. The van der Waals surface area contributed by atoms with Crippen molar-refractivity contribution >= 4 is 27.0 Å². The third kappa shape index (κ3) is 8.36. The van der Waals surface area contributed by atoms with Gasteiger partial charge in [0.05, 0.1) is 17.2 Å². The first-order chi connectivity index (χ1) is 19.6. The second kappa shape index (κ2) is 13.7. The predicted molar refractivity (Wildman–Crippen MR) is 162 cm³/mol. The smallest absolute Gasteiger partial charge is 0.261 e. The number of fused-ring (bicyclic) bond motifs is 1. The summed E-state index contributed by atoms with van der Waals surface area (Å²) < 4.78 is 32.1. The zero-order chi connectivity index (χ0) is 29.4. The van der Waals surface area contributed by atoms with E-state index >= 15 is 0 Å². The van der Waals surface area contributed by atoms with E-state index in [1.807, 2.05) is 30.3 Å². The summed E-state index contributed by atoms with van der Waals surface area (Å²) >= 11 is 0. The molecule has 1 aliphatic rings. The number of para-hydroxylation sites is 1. The van der Waals surface area contributed by atoms with Crippen LogP contribution in [0, 0.1) is 6.92 Å². The molecule has 0 bridgehead atoms. The van der Waals surface area contributed by atoms with Crippen molar-refractivity contribution in [3.8, 4) is 11.3 Å². The van der Waals surface area contributed by atoms with Gasteiger partial charge in [-0.05, 0) is 69.4 Å². The molecule has 0 radical (unpaired) electrons. The van der Waals surface area contributed by atoms with Crippen LogP contribution in [0.1, 0.15) is 46.7 Å². The maximum Gasteiger partial charge on any atom is 0.261 e. The molecule has 1 saturated heterocycles. The van der Waals surface area contributed by atoms with Gasteiger partial charge in [-0.15, -0.1) is 0 Å². The van der Waals surface area contributed by atoms with Crippen LogP contribution in [-0.4, -0.2) is 56.2 Å². The molecule has 216 valence electrons. The molecule has 3 aromatic carbocycles. The first kappa shape index (κ1) is 30.2. The number of rotatable bonds is 7. The van der Waals surface area contributed by atoms with E-state index < -0.39 is 10.1 Å². The summed E-state index contributed by atoms with van der Waals surface area (Å²) in [6.07, 6.45) is 3.95. The van der Waals surface area contributed by atoms with Crippen molar-refractivity contribution in [1.29, 1.82) is 0 Å². The van der Waals surface area contributed by atoms with Crippen LogP contribution in [0.4, 0.5) is 0 Å². The SMILES string of the molecule is CS(=O)(=O)O.Cc1c(-c2ccccc2)oc2c(C(=O)NCCCN3CCC(c4ccccc4)CC3)cccc2c1=O. The summed E-state index contributed by atoms with van der Waals surface area (Å²) in [5, 5.41) is 3.46. The number of benzene rings is 3. The largest absolute Gasteiger partial charge is 0.455 e. The average molecular weight is 577 g/mol. The second-order valence-electron chi connectivity index (χ2n) is 10.3. The molecular formula is C32H36N2O6S. The molecule has 8 nitrogen and oxygen atoms in total. The van der Waals surface area contributed by atoms with Gasteiger partial charge in [0.2, 0.25) is 0 Å². The number of likely N-dealkylation sites (tertiary alicyclic amines) is 1. The monoisotopic (exact) mass is 576 g/mol. The van der Waals surface area contributed by atoms with Gasteiger partial charge in [0.25, 0.3) is 16.0 Å². The molecule has 0 spiro atoms. The summed E-state index contributed by atoms with van der Waals surface area (Å²) in [6.45, 7) is 5.48. The molecule has 41 heavy (non-hydrogen) atoms. The van der Waals surface area contributed by atoms with E-state index in [1.165, 1.54) is 18.4 Å². The Morgan fingerprint density at radius 1 is 0.976 bits per heavy atom. The van der Waals surface area contributed by atoms with Crippen molar-refractivity contribution in [3.63, 3.8) is 0 Å². The molecule has 4 aromatic rings. The van der Waals surface area contributed by atoms with Crippen molar-refractivity contribution in [1.82, 2.24) is 10.2 Å². The molecule has 2 heterocycles. The normalized spacial score (nSPS) is 14.3. The minimum atomic E-state index is -3.67. The van der Waals surface area contributed by atoms with Gasteiger partial charge in [-0.2, -0.15) is 8.42 Å². The number of carbonyl (C=O) groups is 1. The first-order valence-electron chi connectivity index (χ1n) is 13.7. The lowest BCUT2D eigenvalue weighted by Gasteiger charge is -2.32. The van der Waals surface area contributed by atoms with Gasteiger partial charge in [-0.1, -0.05) is 66.7 Å². The number of carbonyl (C=O) groups excluding carboxylic acids is 1. The molecule has 1 aromatic heterocycles. The van der Waals surface area contributed by atoms with Crippen LogP contribution in [0.3, 0.4) is 0 Å². The summed E-state index contributed by atoms with van der Waals surface area (Å²) in [5.41, 5.74) is 3.43. The van der Waals surface area contributed by atoms with Crippen molar-refractivity contribution in [3.05, 3.63) is 106 Å². The number of hydrogen-bond acceptors (Lipinski definition) is 6. The Bertz CT molecular complexity index is 1620. The molecule has 2 N–H and O–H groups in total. The van der Waals surface area contributed by atoms with E-state index in [0.717, 1.165) is 31.6 Å². The third-order valence-corrected chi connectivity index (χ3v) is 7.22. The fraction of sp³-hybridized carbons (Fsp3) is 0.312. The van der Waals surface area contributed by atoms with E-state index in [4.69, 9.17) is 8.97 Å². The van der Waals surface area contributed by atoms with E-state index in [2.05, 4.69) is 40.5 Å². The minimum Gasteiger partial charge on any atom is -0.455 e. The number of nitrogens with one attached hydrogen (secondary N) is 1. The molecule has 1 aliphatic heterocycles. The average Bonchev–Trinajstić information content (AvgIpc) is 2.97. The Morgan fingerprint density at radius 2 is 1.59 bits per heavy atom. The van der Waals surface area contributed by atoms with Gasteiger partial charge in [0.15, 0.2) is 11.0 Å². The predicted octanol–water partition coefficient (Wildman–Crippen LogP) is 5.27. The van der Waals surface area contributed by atoms with E-state index in [9.17, 15) is 18.0 Å². The number of piperidine rings is 1. The van der Waals surface area contributed by atoms with E-state index in [-0.39, 0.29) is 11.3 Å². The lowest BCUT2D eigenvalue weighted by molar-refractivity contribution is 0.0951. The van der Waals surface area contributed by atoms with Crippen molar-refractivity contribution in [2.24, 2.45) is 0 Å². The zero-order valence-corrected chi connectivity index (χ0v) is 24.2. The van der Waals surface area contributed by atoms with Crippen LogP contribution in [0.25, 0.3) is 22.3 Å². The van der Waals surface area contributed by atoms with Gasteiger partial charge in [-0.25, -0.2) is 0 Å². The van der Waals surface area contributed by atoms with Gasteiger partial charge >= 0.3 is 0 Å². The number of amides is 1. The van der Waals surface area contributed by atoms with Crippen molar-refractivity contribution < 1.29 is 22.2 Å². The number of hydrogen-bond donors (Lipinski definition) is 2. The second-order valence-corrected chi connectivity index (χ2v) is 11.8. The Labute approximate surface area is 240 Å². The highest BCUT2D eigenvalue weighted by atomic mass is 32.2. The summed E-state index contributed by atoms with van der Waals surface area (Å²) in [6, 6.07) is 25.5. The molecule has 1 amide bonds. The first-order valence-corrected chi connectivity index (χ1v) is 15.6. The van der Waals surface area contributed by atoms with Crippen LogP contribution >= 0.6 is 0 Å². The quantitative estimate of drug-likeness (QED) is 0.227. The van der Waals surface area contributed by atoms with Crippen LogP contribution < -0.4 is 10.7 Å². The maximum absolute atomic E-state index is 13.1. The number of nitrogens with zero attached hydrogens (tertiary/aromatic N) is 1. The highest BCUT2D eigenvalue weighted by molar-refractivity contribution is 7.85. The topological polar surface area (TPSA) is 117 Å². The van der Waals surface area contributed by atoms with Gasteiger partial charge in [-0.3, -0.25) is 14.1 Å². The van der Waals surface area contributed by atoms with Crippen LogP contribution in [-0.2, 0) is 10.1 Å². The summed E-state index contributed by atoms with van der Waals surface area (Å²) in [5.74, 6) is 0.939. The highest BCUT2D eigenvalue weighted by Crippen LogP contribution is 2.28. The Hall–Kier alpha value is -3.79. The molecule has 0 atom stereocenters. The van der Waals surface area contributed by atoms with Crippen LogP contribution in [0.2, 0.25) is 0 Å². The zero-order valence-electron chi connectivity index (χ0n) is 23.4. The summed E-state index contributed by atoms with van der Waals surface area (Å²) in [4.78, 5) is 28.6. The van der Waals surface area contributed by atoms with Crippen molar-refractivity contribution in [2.75, 3.05) is 32.4 Å². The lowest BCUT2D eigenvalue weighted by atomic mass is 9.89. The molecule has 1 fully saturated rings. The fourth-order valence-corrected chi connectivity index (χ4v) is 5.17. The van der Waals surface area contributed by atoms with Gasteiger partial charge in [0, 0.05) is 17.7 Å². The molecule has 9 heteroatoms. The molecule has 0 unspecified atom stereocenters. The van der Waals surface area contributed by atoms with Crippen LogP contribution in [0.5, 0.6) is 0 Å². The summed E-state index contributed by atoms with van der Waals surface area (Å²) in [7, 11) is -3.67. The van der Waals surface area contributed by atoms with Gasteiger partial charge in [0.1, 0.15) is 5.76 Å². The Kier molecular flexibility index (Phi) is 10.1. The van der Waals surface area contributed by atoms with E-state index in [0.29, 0.717) is 46.6 Å². The molecule has 0 aliphatic carbocycles. The van der Waals surface area contributed by atoms with E-state index in [1.54, 1.807) is 25.1 Å². The fourth-order valence-electron chi connectivity index (χ4n) is 5.17. The van der Waals surface area contributed by atoms with Gasteiger partial charge < -0.3 is 14.6 Å². The third-order valence-electron chi connectivity index (χ3n) is 7.22. The molecular weight excluding hydrogens is 540 g/mol. The Balaban J connectivity index is 0.000000714. The van der Waals surface area contributed by atoms with Crippen molar-refractivity contribution in [2.45, 2.75) is 32.1 Å².